The lowest BCUT2D eigenvalue weighted by atomic mass is 10.0. The average Bonchev–Trinajstić information content (AvgIpc) is 1.65. The SMILES string of the molecule is CCOC(=O)c1c(-c2ccc(Br)cc2)noc1N.CCOC(=O)c1c(-c2ccc(Br)cc2)noc1NC(=O)CC#N.N#Cc1c(O)c2c(-c3ccc(-c4ccccc4O)cc3)noc2[nH]c1=O.N#Cc1c(O)c2c(-c3ccc(Br)cc3)noc2[nH]c1=O.O=Cc1ccc(Br)cc1.ON=C(Cl)c1ccc(Br)cc1.ON=Cc1ccc(Br)cc1. The lowest BCUT2D eigenvalue weighted by molar-refractivity contribution is -0.115. The van der Waals surface area contributed by atoms with E-state index in [-0.39, 0.29) is 86.9 Å². The van der Waals surface area contributed by atoms with E-state index in [0.717, 1.165) is 49.8 Å². The number of nitriles is 3. The second-order valence-corrected chi connectivity index (χ2v) is 28.7. The number of carbonyl (C=O) groups is 4. The van der Waals surface area contributed by atoms with Gasteiger partial charge in [0.1, 0.15) is 64.1 Å². The Morgan fingerprint density at radius 1 is 0.530 bits per heavy atom. The number of oxime groups is 2. The molecule has 0 radical (unpaired) electrons. The highest BCUT2D eigenvalue weighted by Gasteiger charge is 2.28. The predicted molar refractivity (Wildman–Crippen MR) is 454 cm³/mol. The van der Waals surface area contributed by atoms with Crippen LogP contribution in [0.1, 0.15) is 73.6 Å². The largest absolute Gasteiger partial charge is 0.507 e. The van der Waals surface area contributed by atoms with Gasteiger partial charge in [0.25, 0.3) is 11.1 Å². The number of aromatic nitrogens is 6. The monoisotopic (exact) mass is 1980 g/mol. The van der Waals surface area contributed by atoms with Crippen molar-refractivity contribution in [2.75, 3.05) is 24.3 Å². The smallest absolute Gasteiger partial charge is 0.346 e. The van der Waals surface area contributed by atoms with Gasteiger partial charge >= 0.3 is 11.9 Å². The van der Waals surface area contributed by atoms with Gasteiger partial charge in [-0.05, 0) is 104 Å². The molecule has 0 saturated carbocycles. The number of benzene rings is 8. The number of hydrogen-bond acceptors (Lipinski definition) is 27. The molecular weight excluding hydrogens is 1930 g/mol. The van der Waals surface area contributed by atoms with Crippen molar-refractivity contribution in [3.05, 3.63) is 281 Å². The van der Waals surface area contributed by atoms with Crippen LogP contribution in [-0.2, 0) is 14.3 Å². The van der Waals surface area contributed by atoms with Crippen molar-refractivity contribution in [3.8, 4) is 91.6 Å². The van der Waals surface area contributed by atoms with Gasteiger partial charge in [-0.25, -0.2) is 9.59 Å². The summed E-state index contributed by atoms with van der Waals surface area (Å²) in [6.45, 7) is 3.82. The number of hydrogen-bond donors (Lipinski definition) is 9. The number of carbonyl (C=O) groups excluding carboxylic acids is 4. The Balaban J connectivity index is 0.000000175. The normalized spacial score (nSPS) is 10.4. The van der Waals surface area contributed by atoms with Gasteiger partial charge in [-0.3, -0.25) is 34.5 Å². The number of esters is 2. The molecule has 0 fully saturated rings. The molecule has 1 amide bonds. The third-order valence-corrected chi connectivity index (χ3v) is 18.8. The fourth-order valence-electron chi connectivity index (χ4n) is 9.85. The molecule has 14 rings (SSSR count). The van der Waals surface area contributed by atoms with Gasteiger partial charge in [-0.15, -0.1) is 0 Å². The zero-order chi connectivity index (χ0) is 84.8. The highest BCUT2D eigenvalue weighted by atomic mass is 79.9. The summed E-state index contributed by atoms with van der Waals surface area (Å²) >= 11 is 25.3. The number of pyridine rings is 2. The Labute approximate surface area is 716 Å². The molecule has 14 aromatic rings. The molecule has 30 nitrogen and oxygen atoms in total. The topological polar surface area (TPSA) is 492 Å². The second-order valence-electron chi connectivity index (χ2n) is 22.9. The van der Waals surface area contributed by atoms with Crippen LogP contribution >= 0.6 is 107 Å². The zero-order valence-electron chi connectivity index (χ0n) is 60.1. The summed E-state index contributed by atoms with van der Waals surface area (Å²) in [5.74, 6) is -2.70. The van der Waals surface area contributed by atoms with Crippen molar-refractivity contribution < 1.29 is 72.5 Å². The molecule has 6 aromatic heterocycles. The maximum atomic E-state index is 12.2. The van der Waals surface area contributed by atoms with Crippen molar-refractivity contribution in [1.82, 2.24) is 30.6 Å². The van der Waals surface area contributed by atoms with Crippen LogP contribution in [0.5, 0.6) is 17.2 Å². The number of anilines is 2. The minimum atomic E-state index is -0.741. The maximum absolute atomic E-state index is 12.2. The number of amides is 1. The van der Waals surface area contributed by atoms with E-state index in [1.807, 2.05) is 91.0 Å². The number of nitrogens with two attached hydrogens (primary N) is 1. The van der Waals surface area contributed by atoms with Crippen LogP contribution in [0.15, 0.2) is 259 Å². The number of phenols is 1. The molecule has 0 aliphatic carbocycles. The number of aldehydes is 1. The molecule has 0 aliphatic heterocycles. The van der Waals surface area contributed by atoms with Gasteiger partial charge in [0.05, 0.1) is 25.5 Å². The fraction of sp³-hybridized carbons (Fsp3) is 0.0625. The average molecular weight is 1990 g/mol. The summed E-state index contributed by atoms with van der Waals surface area (Å²) in [6, 6.07) is 62.4. The molecule has 0 saturated heterocycles. The lowest BCUT2D eigenvalue weighted by Gasteiger charge is -2.05. The number of aromatic hydroxyl groups is 3. The van der Waals surface area contributed by atoms with Crippen molar-refractivity contribution in [2.24, 2.45) is 10.3 Å². The molecule has 10 N–H and O–H groups in total. The van der Waals surface area contributed by atoms with Crippen molar-refractivity contribution >= 4 is 177 Å². The lowest BCUT2D eigenvalue weighted by Crippen LogP contribution is -2.14. The minimum absolute atomic E-state index is 0.00807. The van der Waals surface area contributed by atoms with Gasteiger partial charge < -0.3 is 59.0 Å². The van der Waals surface area contributed by atoms with E-state index in [0.29, 0.717) is 50.5 Å². The summed E-state index contributed by atoms with van der Waals surface area (Å²) in [7, 11) is 0. The Kier molecular flexibility index (Phi) is 33.6. The van der Waals surface area contributed by atoms with Crippen molar-refractivity contribution in [1.29, 1.82) is 15.8 Å². The highest BCUT2D eigenvalue weighted by molar-refractivity contribution is 9.11. The van der Waals surface area contributed by atoms with Crippen LogP contribution < -0.4 is 22.2 Å². The molecule has 592 valence electrons. The quantitative estimate of drug-likeness (QED) is 0.0160. The van der Waals surface area contributed by atoms with E-state index in [4.69, 9.17) is 71.1 Å². The molecule has 0 aliphatic rings. The van der Waals surface area contributed by atoms with Gasteiger partial charge in [-0.1, -0.05) is 253 Å². The molecular formula is C80H56Br6ClN13O17. The third-order valence-electron chi connectivity index (χ3n) is 15.3. The summed E-state index contributed by atoms with van der Waals surface area (Å²) < 4.78 is 35.6. The van der Waals surface area contributed by atoms with E-state index in [1.165, 1.54) is 6.21 Å². The van der Waals surface area contributed by atoms with Crippen LogP contribution in [0.3, 0.4) is 0 Å². The van der Waals surface area contributed by atoms with Crippen LogP contribution in [0, 0.1) is 34.0 Å². The maximum Gasteiger partial charge on any atom is 0.346 e. The van der Waals surface area contributed by atoms with Gasteiger partial charge in [0.15, 0.2) is 38.9 Å². The standard InChI is InChI=1S/C19H11N3O4.C15H12BrN3O4.C13H6BrN3O3.C12H11BrN2O3.C7H5BrClNO.C7H6BrNO.C7H5BrO/c20-9-13-17(24)15-16(22-26-19(15)21-18(13)25)11-7-5-10(6-8-11)12-3-1-2-4-14(12)23;1-2-22-15(21)12-13(9-3-5-10(16)6-4-9)19-23-14(12)18-11(20)7-8-17;14-7-3-1-6(2-4-7)10-9-11(18)8(5-15)12(19)16-13(9)20-17-10;1-2-17-12(16)9-10(15-18-11(9)14)7-3-5-8(13)6-4-7;8-6-3-1-5(2-4-6)7(9)10-11;8-7-3-1-6(2-4-7)5-9-10;8-7-3-1-6(5-9)2-4-7/h1-8,23H,(H2,21,24,25);3-6H,2,7H2,1H3,(H,18,20);1-4H,(H2,16,18,19);3-6H,2,14H2,1H3;1-4,11H;1-5,10H;1-5H. The number of ether oxygens (including phenoxy) is 2. The van der Waals surface area contributed by atoms with Crippen LogP contribution in [0.4, 0.5) is 11.8 Å². The summed E-state index contributed by atoms with van der Waals surface area (Å²) in [4.78, 5) is 73.6. The number of halogens is 7. The number of nitrogens with one attached hydrogen (secondary N) is 3. The van der Waals surface area contributed by atoms with Gasteiger partial charge in [-0.2, -0.15) is 15.8 Å². The first-order chi connectivity index (χ1) is 56.3. The van der Waals surface area contributed by atoms with Crippen LogP contribution in [0.2, 0.25) is 0 Å². The Hall–Kier alpha value is -13.1. The molecule has 8 aromatic carbocycles. The van der Waals surface area contributed by atoms with E-state index in [9.17, 15) is 44.1 Å². The minimum Gasteiger partial charge on any atom is -0.507 e. The number of H-pyrrole nitrogens is 2. The predicted octanol–water partition coefficient (Wildman–Crippen LogP) is 19.0. The van der Waals surface area contributed by atoms with E-state index < -0.39 is 46.0 Å². The molecule has 6 heterocycles. The Bertz CT molecular complexity index is 6140. The third kappa shape index (κ3) is 24.2. The molecule has 0 bridgehead atoms. The molecule has 0 unspecified atom stereocenters. The first kappa shape index (κ1) is 89.4. The number of nitrogens with zero attached hydrogens (tertiary/aromatic N) is 9. The first-order valence-corrected chi connectivity index (χ1v) is 38.4. The van der Waals surface area contributed by atoms with Crippen LogP contribution in [0.25, 0.3) is 78.4 Å². The fourth-order valence-corrected chi connectivity index (χ4v) is 11.6. The second kappa shape index (κ2) is 43.9. The van der Waals surface area contributed by atoms with Crippen LogP contribution in [-0.4, -0.2) is 105 Å². The number of phenolic OH excluding ortho intramolecular Hbond substituents is 1. The Morgan fingerprint density at radius 2 is 0.906 bits per heavy atom. The highest BCUT2D eigenvalue weighted by Crippen LogP contribution is 2.38. The van der Waals surface area contributed by atoms with Gasteiger partial charge in [0.2, 0.25) is 29.1 Å². The number of aromatic amines is 2. The first-order valence-electron chi connectivity index (χ1n) is 33.3. The molecule has 37 heteroatoms. The summed E-state index contributed by atoms with van der Waals surface area (Å²) in [6.07, 6.45) is 1.84. The summed E-state index contributed by atoms with van der Waals surface area (Å²) in [5.41, 5.74) is 11.3. The van der Waals surface area contributed by atoms with Gasteiger partial charge in [0, 0.05) is 65.8 Å². The van der Waals surface area contributed by atoms with E-state index in [2.05, 4.69) is 142 Å². The number of fused-ring (bicyclic) bond motifs is 2. The van der Waals surface area contributed by atoms with Crippen molar-refractivity contribution in [2.45, 2.75) is 20.3 Å². The summed E-state index contributed by atoms with van der Waals surface area (Å²) in [5, 5.41) is 97.2. The van der Waals surface area contributed by atoms with E-state index >= 15 is 0 Å². The van der Waals surface area contributed by atoms with Crippen molar-refractivity contribution in [3.63, 3.8) is 0 Å². The van der Waals surface area contributed by atoms with E-state index in [1.54, 1.807) is 135 Å². The zero-order valence-corrected chi connectivity index (χ0v) is 70.4. The number of para-hydroxylation sites is 1. The number of rotatable bonds is 14. The molecule has 0 atom stereocenters. The molecule has 117 heavy (non-hydrogen) atoms. The molecule has 0 spiro atoms. The Morgan fingerprint density at radius 3 is 1.32 bits per heavy atom. The number of nitrogen functional groups attached to an aromatic ring is 1.